The normalized spacial score (nSPS) is 10.9. The monoisotopic (exact) mass is 319 g/mol. The van der Waals surface area contributed by atoms with Gasteiger partial charge in [-0.25, -0.2) is 0 Å². The number of nitriles is 1. The van der Waals surface area contributed by atoms with Crippen LogP contribution in [-0.2, 0) is 11.3 Å². The molecule has 0 bridgehead atoms. The van der Waals surface area contributed by atoms with Crippen molar-refractivity contribution >= 4 is 16.6 Å². The molecule has 2 N–H and O–H groups in total. The third-order valence-corrected chi connectivity index (χ3v) is 4.42. The van der Waals surface area contributed by atoms with Crippen LogP contribution in [0.5, 0.6) is 0 Å². The number of rotatable bonds is 5. The number of methoxy groups -OCH3 is 1. The summed E-state index contributed by atoms with van der Waals surface area (Å²) >= 11 is 0. The van der Waals surface area contributed by atoms with Crippen LogP contribution in [0.4, 0.5) is 5.69 Å². The lowest BCUT2D eigenvalue weighted by Gasteiger charge is -2.07. The molecule has 0 saturated carbocycles. The van der Waals surface area contributed by atoms with E-state index in [4.69, 9.17) is 10.5 Å². The Balaban J connectivity index is 2.19. The second kappa shape index (κ2) is 6.77. The van der Waals surface area contributed by atoms with Crippen molar-refractivity contribution in [2.24, 2.45) is 0 Å². The van der Waals surface area contributed by atoms with E-state index in [1.54, 1.807) is 7.11 Å². The zero-order chi connectivity index (χ0) is 17.1. The smallest absolute Gasteiger partial charge is 0.0991 e. The summed E-state index contributed by atoms with van der Waals surface area (Å²) < 4.78 is 7.40. The maximum absolute atomic E-state index is 9.24. The molecule has 0 aliphatic heterocycles. The Morgan fingerprint density at radius 1 is 1.21 bits per heavy atom. The Kier molecular flexibility index (Phi) is 4.54. The van der Waals surface area contributed by atoms with Crippen molar-refractivity contribution in [3.8, 4) is 17.2 Å². The fraction of sp³-hybridized carbons (Fsp3) is 0.250. The van der Waals surface area contributed by atoms with Crippen molar-refractivity contribution in [1.29, 1.82) is 5.26 Å². The zero-order valence-electron chi connectivity index (χ0n) is 14.0. The standard InChI is InChI=1S/C20H21N3O/c1-14-16(5-3-6-19(14)22)18-13-23(9-4-10-24-2)20-8-7-15(12-21)11-17(18)20/h3,5-8,11,13H,4,9-10,22H2,1-2H3. The van der Waals surface area contributed by atoms with Crippen LogP contribution in [-0.4, -0.2) is 18.3 Å². The molecule has 4 heteroatoms. The first-order valence-electron chi connectivity index (χ1n) is 8.03. The Morgan fingerprint density at radius 3 is 2.79 bits per heavy atom. The largest absolute Gasteiger partial charge is 0.398 e. The molecular weight excluding hydrogens is 298 g/mol. The number of fused-ring (bicyclic) bond motifs is 1. The number of aromatic nitrogens is 1. The Morgan fingerprint density at radius 2 is 2.04 bits per heavy atom. The van der Waals surface area contributed by atoms with Crippen LogP contribution in [0.3, 0.4) is 0 Å². The molecule has 2 aromatic carbocycles. The van der Waals surface area contributed by atoms with Crippen molar-refractivity contribution in [3.63, 3.8) is 0 Å². The predicted molar refractivity (Wildman–Crippen MR) is 97.7 cm³/mol. The van der Waals surface area contributed by atoms with Crippen LogP contribution in [0.1, 0.15) is 17.5 Å². The van der Waals surface area contributed by atoms with Crippen LogP contribution in [0, 0.1) is 18.3 Å². The molecule has 0 atom stereocenters. The first-order valence-corrected chi connectivity index (χ1v) is 8.03. The third-order valence-electron chi connectivity index (χ3n) is 4.42. The molecule has 1 aromatic heterocycles. The molecule has 3 aromatic rings. The van der Waals surface area contributed by atoms with E-state index in [1.807, 2.05) is 37.3 Å². The fourth-order valence-electron chi connectivity index (χ4n) is 3.09. The summed E-state index contributed by atoms with van der Waals surface area (Å²) in [6.45, 7) is 3.63. The maximum Gasteiger partial charge on any atom is 0.0991 e. The minimum atomic E-state index is 0.667. The molecule has 0 spiro atoms. The Hall–Kier alpha value is -2.77. The zero-order valence-corrected chi connectivity index (χ0v) is 14.0. The molecule has 24 heavy (non-hydrogen) atoms. The van der Waals surface area contributed by atoms with Crippen molar-refractivity contribution in [1.82, 2.24) is 4.57 Å². The number of nitrogens with two attached hydrogens (primary N) is 1. The van der Waals surface area contributed by atoms with E-state index >= 15 is 0 Å². The summed E-state index contributed by atoms with van der Waals surface area (Å²) in [5, 5.41) is 10.3. The molecule has 0 radical (unpaired) electrons. The van der Waals surface area contributed by atoms with Crippen LogP contribution in [0.2, 0.25) is 0 Å². The molecule has 3 rings (SSSR count). The lowest BCUT2D eigenvalue weighted by atomic mass is 9.98. The van der Waals surface area contributed by atoms with Gasteiger partial charge in [0.05, 0.1) is 11.6 Å². The minimum absolute atomic E-state index is 0.667. The molecule has 122 valence electrons. The highest BCUT2D eigenvalue weighted by atomic mass is 16.5. The van der Waals surface area contributed by atoms with Crippen LogP contribution < -0.4 is 5.73 Å². The average molecular weight is 319 g/mol. The SMILES string of the molecule is COCCCn1cc(-c2cccc(N)c2C)c2cc(C#N)ccc21. The summed E-state index contributed by atoms with van der Waals surface area (Å²) in [6, 6.07) is 14.0. The third kappa shape index (κ3) is 2.86. The molecular formula is C20H21N3O. The van der Waals surface area contributed by atoms with E-state index < -0.39 is 0 Å². The van der Waals surface area contributed by atoms with Gasteiger partial charge in [-0.3, -0.25) is 0 Å². The fourth-order valence-corrected chi connectivity index (χ4v) is 3.09. The van der Waals surface area contributed by atoms with Gasteiger partial charge in [0.15, 0.2) is 0 Å². The predicted octanol–water partition coefficient (Wildman–Crippen LogP) is 4.11. The van der Waals surface area contributed by atoms with Gasteiger partial charge in [-0.15, -0.1) is 0 Å². The van der Waals surface area contributed by atoms with Gasteiger partial charge in [-0.1, -0.05) is 12.1 Å². The Labute approximate surface area is 142 Å². The van der Waals surface area contributed by atoms with Gasteiger partial charge >= 0.3 is 0 Å². The van der Waals surface area contributed by atoms with Crippen LogP contribution in [0.15, 0.2) is 42.6 Å². The van der Waals surface area contributed by atoms with Crippen molar-refractivity contribution in [2.45, 2.75) is 19.9 Å². The van der Waals surface area contributed by atoms with Gasteiger partial charge in [-0.2, -0.15) is 5.26 Å². The highest BCUT2D eigenvalue weighted by Gasteiger charge is 2.13. The summed E-state index contributed by atoms with van der Waals surface area (Å²) in [7, 11) is 1.72. The second-order valence-corrected chi connectivity index (χ2v) is 5.95. The summed E-state index contributed by atoms with van der Waals surface area (Å²) in [5.74, 6) is 0. The molecule has 0 aliphatic rings. The first kappa shape index (κ1) is 16.1. The molecule has 0 fully saturated rings. The molecule has 4 nitrogen and oxygen atoms in total. The highest BCUT2D eigenvalue weighted by Crippen LogP contribution is 2.35. The Bertz CT molecular complexity index is 919. The van der Waals surface area contributed by atoms with Gasteiger partial charge in [-0.05, 0) is 48.7 Å². The lowest BCUT2D eigenvalue weighted by molar-refractivity contribution is 0.190. The number of nitrogens with zero attached hydrogens (tertiary/aromatic N) is 2. The number of nitrogen functional groups attached to an aromatic ring is 1. The minimum Gasteiger partial charge on any atom is -0.398 e. The van der Waals surface area contributed by atoms with Gasteiger partial charge in [0.2, 0.25) is 0 Å². The number of ether oxygens (including phenoxy) is 1. The van der Waals surface area contributed by atoms with Crippen molar-refractivity contribution in [3.05, 3.63) is 53.7 Å². The van der Waals surface area contributed by atoms with Crippen molar-refractivity contribution < 1.29 is 4.74 Å². The molecule has 0 aliphatic carbocycles. The highest BCUT2D eigenvalue weighted by molar-refractivity contribution is 5.98. The van der Waals surface area contributed by atoms with E-state index in [-0.39, 0.29) is 0 Å². The van der Waals surface area contributed by atoms with Crippen LogP contribution in [0.25, 0.3) is 22.0 Å². The number of hydrogen-bond donors (Lipinski definition) is 1. The number of hydrogen-bond acceptors (Lipinski definition) is 3. The van der Waals surface area contributed by atoms with Gasteiger partial charge in [0.1, 0.15) is 0 Å². The van der Waals surface area contributed by atoms with E-state index in [9.17, 15) is 5.26 Å². The van der Waals surface area contributed by atoms with E-state index in [2.05, 4.69) is 22.9 Å². The van der Waals surface area contributed by atoms with E-state index in [0.717, 1.165) is 52.9 Å². The van der Waals surface area contributed by atoms with E-state index in [0.29, 0.717) is 5.56 Å². The lowest BCUT2D eigenvalue weighted by Crippen LogP contribution is -1.99. The van der Waals surface area contributed by atoms with Crippen LogP contribution >= 0.6 is 0 Å². The molecule has 0 amide bonds. The summed E-state index contributed by atoms with van der Waals surface area (Å²) in [4.78, 5) is 0. The van der Waals surface area contributed by atoms with Crippen molar-refractivity contribution in [2.75, 3.05) is 19.5 Å². The summed E-state index contributed by atoms with van der Waals surface area (Å²) in [6.07, 6.45) is 3.10. The number of anilines is 1. The topological polar surface area (TPSA) is 64.0 Å². The summed E-state index contributed by atoms with van der Waals surface area (Å²) in [5.41, 5.74) is 12.0. The van der Waals surface area contributed by atoms with Gasteiger partial charge in [0, 0.05) is 48.6 Å². The second-order valence-electron chi connectivity index (χ2n) is 5.95. The molecule has 0 unspecified atom stereocenters. The average Bonchev–Trinajstić information content (AvgIpc) is 2.95. The number of benzene rings is 2. The quantitative estimate of drug-likeness (QED) is 0.568. The first-order chi connectivity index (χ1) is 11.7. The van der Waals surface area contributed by atoms with Gasteiger partial charge < -0.3 is 15.0 Å². The van der Waals surface area contributed by atoms with Gasteiger partial charge in [0.25, 0.3) is 0 Å². The van der Waals surface area contributed by atoms with E-state index in [1.165, 1.54) is 0 Å². The number of aryl methyl sites for hydroxylation is 1. The molecule has 1 heterocycles. The molecule has 0 saturated heterocycles. The maximum atomic E-state index is 9.24.